The van der Waals surface area contributed by atoms with Crippen molar-refractivity contribution >= 4 is 33.5 Å². The molecule has 0 atom stereocenters. The van der Waals surface area contributed by atoms with E-state index in [4.69, 9.17) is 9.47 Å². The Morgan fingerprint density at radius 2 is 0.906 bits per heavy atom. The van der Waals surface area contributed by atoms with Crippen LogP contribution in [0.15, 0.2) is 109 Å². The SMILES string of the molecule is C=C(C)C(=O)Oc1cccc2ccccc12.C=C(C)C(=O)Oc1cccc2ccccc12. The first-order valence-electron chi connectivity index (χ1n) is 10.1. The molecule has 0 aromatic heterocycles. The maximum atomic E-state index is 11.4. The summed E-state index contributed by atoms with van der Waals surface area (Å²) >= 11 is 0. The van der Waals surface area contributed by atoms with Crippen LogP contribution in [0.1, 0.15) is 13.8 Å². The van der Waals surface area contributed by atoms with Crippen molar-refractivity contribution in [2.45, 2.75) is 13.8 Å². The fraction of sp³-hybridized carbons (Fsp3) is 0.0714. The molecule has 4 heteroatoms. The Hall–Kier alpha value is -4.18. The molecule has 4 rings (SSSR count). The fourth-order valence-electron chi connectivity index (χ4n) is 2.94. The molecule has 32 heavy (non-hydrogen) atoms. The third-order valence-electron chi connectivity index (χ3n) is 4.60. The Bertz CT molecular complexity index is 1200. The van der Waals surface area contributed by atoms with Gasteiger partial charge in [0, 0.05) is 21.9 Å². The van der Waals surface area contributed by atoms with Crippen LogP contribution in [0.3, 0.4) is 0 Å². The monoisotopic (exact) mass is 424 g/mol. The second-order valence-electron chi connectivity index (χ2n) is 7.29. The maximum Gasteiger partial charge on any atom is 0.338 e. The van der Waals surface area contributed by atoms with Crippen molar-refractivity contribution in [3.8, 4) is 11.5 Å². The van der Waals surface area contributed by atoms with Crippen molar-refractivity contribution in [2.24, 2.45) is 0 Å². The molecule has 0 saturated heterocycles. The van der Waals surface area contributed by atoms with Gasteiger partial charge in [-0.05, 0) is 36.8 Å². The predicted molar refractivity (Wildman–Crippen MR) is 129 cm³/mol. The first-order chi connectivity index (χ1) is 15.4. The summed E-state index contributed by atoms with van der Waals surface area (Å²) in [7, 11) is 0. The highest BCUT2D eigenvalue weighted by atomic mass is 16.5. The zero-order valence-electron chi connectivity index (χ0n) is 18.1. The van der Waals surface area contributed by atoms with Gasteiger partial charge in [-0.25, -0.2) is 9.59 Å². The number of carbonyl (C=O) groups is 2. The number of hydrogen-bond acceptors (Lipinski definition) is 4. The van der Waals surface area contributed by atoms with Gasteiger partial charge < -0.3 is 9.47 Å². The molecular formula is C28H24O4. The zero-order valence-corrected chi connectivity index (χ0v) is 18.1. The van der Waals surface area contributed by atoms with Crippen molar-refractivity contribution in [2.75, 3.05) is 0 Å². The molecule has 0 N–H and O–H groups in total. The van der Waals surface area contributed by atoms with E-state index < -0.39 is 11.9 Å². The Morgan fingerprint density at radius 1 is 0.562 bits per heavy atom. The molecular weight excluding hydrogens is 400 g/mol. The number of esters is 2. The van der Waals surface area contributed by atoms with E-state index in [0.717, 1.165) is 21.5 Å². The van der Waals surface area contributed by atoms with Crippen LogP contribution < -0.4 is 9.47 Å². The van der Waals surface area contributed by atoms with Gasteiger partial charge in [0.15, 0.2) is 0 Å². The second-order valence-corrected chi connectivity index (χ2v) is 7.29. The molecule has 4 aromatic rings. The van der Waals surface area contributed by atoms with Crippen molar-refractivity contribution in [1.82, 2.24) is 0 Å². The Balaban J connectivity index is 0.000000181. The molecule has 160 valence electrons. The van der Waals surface area contributed by atoms with E-state index in [1.165, 1.54) is 0 Å². The summed E-state index contributed by atoms with van der Waals surface area (Å²) < 4.78 is 10.5. The summed E-state index contributed by atoms with van der Waals surface area (Å²) in [4.78, 5) is 22.9. The molecule has 4 aromatic carbocycles. The summed E-state index contributed by atoms with van der Waals surface area (Å²) in [5, 5.41) is 3.96. The van der Waals surface area contributed by atoms with E-state index in [1.807, 2.05) is 72.8 Å². The molecule has 0 saturated carbocycles. The lowest BCUT2D eigenvalue weighted by molar-refractivity contribution is -0.130. The highest BCUT2D eigenvalue weighted by Crippen LogP contribution is 2.26. The van der Waals surface area contributed by atoms with Crippen LogP contribution in [0.4, 0.5) is 0 Å². The second kappa shape index (κ2) is 10.2. The van der Waals surface area contributed by atoms with Gasteiger partial charge in [-0.3, -0.25) is 0 Å². The van der Waals surface area contributed by atoms with Crippen LogP contribution in [0.5, 0.6) is 11.5 Å². The smallest absolute Gasteiger partial charge is 0.338 e. The highest BCUT2D eigenvalue weighted by molar-refractivity contribution is 5.95. The summed E-state index contributed by atoms with van der Waals surface area (Å²) in [5.74, 6) is 0.366. The number of carbonyl (C=O) groups excluding carboxylic acids is 2. The number of fused-ring (bicyclic) bond motifs is 2. The van der Waals surface area contributed by atoms with Gasteiger partial charge in [0.25, 0.3) is 0 Å². The number of benzene rings is 4. The van der Waals surface area contributed by atoms with Gasteiger partial charge in [0.2, 0.25) is 0 Å². The molecule has 0 spiro atoms. The minimum absolute atomic E-state index is 0.392. The summed E-state index contributed by atoms with van der Waals surface area (Å²) in [6.45, 7) is 10.4. The third-order valence-corrected chi connectivity index (χ3v) is 4.60. The van der Waals surface area contributed by atoms with Gasteiger partial charge in [0.1, 0.15) is 11.5 Å². The van der Waals surface area contributed by atoms with Gasteiger partial charge in [0.05, 0.1) is 0 Å². The van der Waals surface area contributed by atoms with Crippen molar-refractivity contribution in [1.29, 1.82) is 0 Å². The van der Waals surface area contributed by atoms with Crippen LogP contribution >= 0.6 is 0 Å². The average molecular weight is 424 g/mol. The first kappa shape index (κ1) is 22.5. The van der Waals surface area contributed by atoms with Crippen LogP contribution in [0.2, 0.25) is 0 Å². The van der Waals surface area contributed by atoms with Crippen LogP contribution in [0, 0.1) is 0 Å². The van der Waals surface area contributed by atoms with E-state index in [1.54, 1.807) is 26.0 Å². The molecule has 0 aliphatic carbocycles. The molecule has 0 bridgehead atoms. The topological polar surface area (TPSA) is 52.6 Å². The van der Waals surface area contributed by atoms with E-state index in [-0.39, 0.29) is 0 Å². The Labute approximate surface area is 187 Å². The normalized spacial score (nSPS) is 10.1. The van der Waals surface area contributed by atoms with Crippen molar-refractivity contribution < 1.29 is 19.1 Å². The standard InChI is InChI=1S/2C14H12O2/c2*1-10(2)14(15)16-13-9-5-7-11-6-3-4-8-12(11)13/h2*3-9H,1H2,2H3. The van der Waals surface area contributed by atoms with Crippen LogP contribution in [-0.2, 0) is 9.59 Å². The highest BCUT2D eigenvalue weighted by Gasteiger charge is 2.08. The largest absolute Gasteiger partial charge is 0.423 e. The van der Waals surface area contributed by atoms with E-state index in [2.05, 4.69) is 13.2 Å². The molecule has 0 radical (unpaired) electrons. The van der Waals surface area contributed by atoms with Gasteiger partial charge >= 0.3 is 11.9 Å². The van der Waals surface area contributed by atoms with E-state index in [9.17, 15) is 9.59 Å². The lowest BCUT2D eigenvalue weighted by Crippen LogP contribution is -2.08. The molecule has 0 heterocycles. The first-order valence-corrected chi connectivity index (χ1v) is 10.1. The molecule has 0 aliphatic rings. The lowest BCUT2D eigenvalue weighted by atomic mass is 10.1. The van der Waals surface area contributed by atoms with E-state index in [0.29, 0.717) is 22.6 Å². The molecule has 4 nitrogen and oxygen atoms in total. The summed E-state index contributed by atoms with van der Waals surface area (Å²) in [6.07, 6.45) is 0. The number of hydrogen-bond donors (Lipinski definition) is 0. The third kappa shape index (κ3) is 5.49. The minimum Gasteiger partial charge on any atom is -0.423 e. The minimum atomic E-state index is -0.392. The van der Waals surface area contributed by atoms with E-state index >= 15 is 0 Å². The Kier molecular flexibility index (Phi) is 7.19. The van der Waals surface area contributed by atoms with Gasteiger partial charge in [-0.15, -0.1) is 0 Å². The zero-order chi connectivity index (χ0) is 23.1. The quantitative estimate of drug-likeness (QED) is 0.209. The summed E-state index contributed by atoms with van der Waals surface area (Å²) in [6, 6.07) is 26.8. The molecule has 0 amide bonds. The van der Waals surface area contributed by atoms with Crippen LogP contribution in [0.25, 0.3) is 21.5 Å². The number of ether oxygens (including phenoxy) is 2. The number of rotatable bonds is 4. The molecule has 0 unspecified atom stereocenters. The van der Waals surface area contributed by atoms with Crippen molar-refractivity contribution in [3.63, 3.8) is 0 Å². The summed E-state index contributed by atoms with van der Waals surface area (Å²) in [5.41, 5.74) is 0.792. The lowest BCUT2D eigenvalue weighted by Gasteiger charge is -2.06. The average Bonchev–Trinajstić information content (AvgIpc) is 2.80. The fourth-order valence-corrected chi connectivity index (χ4v) is 2.94. The predicted octanol–water partition coefficient (Wildman–Crippen LogP) is 6.64. The molecule has 0 aliphatic heterocycles. The van der Waals surface area contributed by atoms with Crippen LogP contribution in [-0.4, -0.2) is 11.9 Å². The Morgan fingerprint density at radius 3 is 1.28 bits per heavy atom. The van der Waals surface area contributed by atoms with Gasteiger partial charge in [-0.2, -0.15) is 0 Å². The molecule has 0 fully saturated rings. The van der Waals surface area contributed by atoms with Gasteiger partial charge in [-0.1, -0.05) is 86.0 Å². The van der Waals surface area contributed by atoms with Crippen molar-refractivity contribution in [3.05, 3.63) is 109 Å². The maximum absolute atomic E-state index is 11.4.